The first kappa shape index (κ1) is 19.3. The largest absolute Gasteiger partial charge is 0.338 e. The highest BCUT2D eigenvalue weighted by Crippen LogP contribution is 2.32. The maximum atomic E-state index is 12.8. The Labute approximate surface area is 153 Å². The first-order valence-electron chi connectivity index (χ1n) is 7.53. The van der Waals surface area contributed by atoms with E-state index in [4.69, 9.17) is 23.2 Å². The van der Waals surface area contributed by atoms with Crippen molar-refractivity contribution in [3.63, 3.8) is 0 Å². The van der Waals surface area contributed by atoms with Crippen LogP contribution in [0.25, 0.3) is 0 Å². The van der Waals surface area contributed by atoms with Crippen molar-refractivity contribution in [2.75, 3.05) is 43.8 Å². The zero-order valence-electron chi connectivity index (χ0n) is 13.9. The molecule has 0 radical (unpaired) electrons. The highest BCUT2D eigenvalue weighted by molar-refractivity contribution is 7.92. The molecule has 0 saturated carbocycles. The Morgan fingerprint density at radius 2 is 1.79 bits per heavy atom. The number of hydrogen-bond acceptors (Lipinski definition) is 4. The van der Waals surface area contributed by atoms with Gasteiger partial charge in [0, 0.05) is 31.2 Å². The van der Waals surface area contributed by atoms with Crippen molar-refractivity contribution in [2.45, 2.75) is 13.0 Å². The van der Waals surface area contributed by atoms with Gasteiger partial charge in [-0.25, -0.2) is 8.42 Å². The number of sulfonamides is 1. The second kappa shape index (κ2) is 7.47. The SMILES string of the molecule is C[C@H](C(=O)N1CCN(C)CC1)N(c1cc(Cl)ccc1Cl)S(C)(=O)=O. The summed E-state index contributed by atoms with van der Waals surface area (Å²) in [6.45, 7) is 4.23. The van der Waals surface area contributed by atoms with Gasteiger partial charge in [-0.3, -0.25) is 9.10 Å². The Kier molecular flexibility index (Phi) is 6.01. The molecular weight excluding hydrogens is 373 g/mol. The lowest BCUT2D eigenvalue weighted by atomic mass is 10.2. The summed E-state index contributed by atoms with van der Waals surface area (Å²) >= 11 is 12.1. The van der Waals surface area contributed by atoms with Gasteiger partial charge in [0.25, 0.3) is 0 Å². The van der Waals surface area contributed by atoms with Gasteiger partial charge in [0.05, 0.1) is 17.0 Å². The van der Waals surface area contributed by atoms with Crippen LogP contribution in [-0.4, -0.2) is 69.6 Å². The number of carbonyl (C=O) groups is 1. The van der Waals surface area contributed by atoms with Crippen LogP contribution in [0.5, 0.6) is 0 Å². The fourth-order valence-corrected chi connectivity index (χ4v) is 4.32. The molecule has 1 heterocycles. The first-order valence-corrected chi connectivity index (χ1v) is 10.1. The van der Waals surface area contributed by atoms with Crippen molar-refractivity contribution < 1.29 is 13.2 Å². The third kappa shape index (κ3) is 4.33. The van der Waals surface area contributed by atoms with E-state index in [-0.39, 0.29) is 16.6 Å². The van der Waals surface area contributed by atoms with Crippen LogP contribution >= 0.6 is 23.2 Å². The highest BCUT2D eigenvalue weighted by atomic mass is 35.5. The van der Waals surface area contributed by atoms with E-state index in [1.54, 1.807) is 17.9 Å². The molecule has 2 rings (SSSR count). The van der Waals surface area contributed by atoms with Gasteiger partial charge in [-0.2, -0.15) is 0 Å². The van der Waals surface area contributed by atoms with E-state index in [9.17, 15) is 13.2 Å². The summed E-state index contributed by atoms with van der Waals surface area (Å²) in [6.07, 6.45) is 1.05. The third-order valence-electron chi connectivity index (χ3n) is 4.03. The lowest BCUT2D eigenvalue weighted by Crippen LogP contribution is -2.54. The number of nitrogens with zero attached hydrogens (tertiary/aromatic N) is 3. The molecule has 1 aliphatic rings. The quantitative estimate of drug-likeness (QED) is 0.783. The van der Waals surface area contributed by atoms with E-state index in [1.165, 1.54) is 12.1 Å². The molecule has 0 aliphatic carbocycles. The molecule has 1 amide bonds. The third-order valence-corrected chi connectivity index (χ3v) is 5.81. The molecule has 0 unspecified atom stereocenters. The lowest BCUT2D eigenvalue weighted by molar-refractivity contribution is -0.133. The number of carbonyl (C=O) groups excluding carboxylic acids is 1. The number of piperazine rings is 1. The van der Waals surface area contributed by atoms with E-state index < -0.39 is 16.1 Å². The first-order chi connectivity index (χ1) is 11.1. The fraction of sp³-hybridized carbons (Fsp3) is 0.533. The van der Waals surface area contributed by atoms with E-state index in [0.717, 1.165) is 23.7 Å². The number of halogens is 2. The summed E-state index contributed by atoms with van der Waals surface area (Å²) in [5.74, 6) is -0.246. The van der Waals surface area contributed by atoms with Crippen molar-refractivity contribution >= 4 is 44.8 Å². The maximum absolute atomic E-state index is 12.8. The van der Waals surface area contributed by atoms with Crippen LogP contribution in [-0.2, 0) is 14.8 Å². The molecule has 0 bridgehead atoms. The molecule has 134 valence electrons. The van der Waals surface area contributed by atoms with Gasteiger partial charge in [-0.15, -0.1) is 0 Å². The normalized spacial score (nSPS) is 17.6. The predicted molar refractivity (Wildman–Crippen MR) is 97.3 cm³/mol. The topological polar surface area (TPSA) is 60.9 Å². The average Bonchev–Trinajstić information content (AvgIpc) is 2.49. The van der Waals surface area contributed by atoms with Crippen molar-refractivity contribution in [3.05, 3.63) is 28.2 Å². The zero-order chi connectivity index (χ0) is 18.1. The minimum absolute atomic E-state index is 0.210. The van der Waals surface area contributed by atoms with E-state index in [1.807, 2.05) is 7.05 Å². The Hall–Kier alpha value is -1.02. The van der Waals surface area contributed by atoms with Gasteiger partial charge in [0.15, 0.2) is 0 Å². The molecule has 24 heavy (non-hydrogen) atoms. The summed E-state index contributed by atoms with van der Waals surface area (Å²) in [4.78, 5) is 16.6. The molecule has 0 N–H and O–H groups in total. The monoisotopic (exact) mass is 393 g/mol. The molecule has 1 fully saturated rings. The number of benzene rings is 1. The molecule has 0 aromatic heterocycles. The minimum Gasteiger partial charge on any atom is -0.338 e. The molecule has 1 saturated heterocycles. The summed E-state index contributed by atoms with van der Waals surface area (Å²) in [5, 5.41) is 0.574. The molecule has 1 aliphatic heterocycles. The van der Waals surface area contributed by atoms with Gasteiger partial charge in [-0.1, -0.05) is 23.2 Å². The average molecular weight is 394 g/mol. The lowest BCUT2D eigenvalue weighted by Gasteiger charge is -2.37. The molecule has 1 aromatic rings. The molecule has 1 atom stereocenters. The Morgan fingerprint density at radius 1 is 1.21 bits per heavy atom. The molecular formula is C15H21Cl2N3O3S. The fourth-order valence-electron chi connectivity index (χ4n) is 2.72. The van der Waals surface area contributed by atoms with Crippen LogP contribution in [0, 0.1) is 0 Å². The number of rotatable bonds is 4. The van der Waals surface area contributed by atoms with E-state index >= 15 is 0 Å². The van der Waals surface area contributed by atoms with Crippen LogP contribution in [0.3, 0.4) is 0 Å². The van der Waals surface area contributed by atoms with Gasteiger partial charge < -0.3 is 9.80 Å². The number of likely N-dealkylation sites (N-methyl/N-ethyl adjacent to an activating group) is 1. The van der Waals surface area contributed by atoms with Crippen molar-refractivity contribution in [1.29, 1.82) is 0 Å². The maximum Gasteiger partial charge on any atom is 0.246 e. The van der Waals surface area contributed by atoms with E-state index in [0.29, 0.717) is 18.1 Å². The minimum atomic E-state index is -3.72. The summed E-state index contributed by atoms with van der Waals surface area (Å²) < 4.78 is 25.7. The van der Waals surface area contributed by atoms with Crippen LogP contribution in [0.4, 0.5) is 5.69 Å². The predicted octanol–water partition coefficient (Wildman–Crippen LogP) is 1.92. The van der Waals surface area contributed by atoms with Gasteiger partial charge in [0.2, 0.25) is 15.9 Å². The van der Waals surface area contributed by atoms with Crippen LogP contribution < -0.4 is 4.31 Å². The van der Waals surface area contributed by atoms with Gasteiger partial charge in [-0.05, 0) is 32.2 Å². The second-order valence-corrected chi connectivity index (χ2v) is 8.66. The van der Waals surface area contributed by atoms with Crippen molar-refractivity contribution in [1.82, 2.24) is 9.80 Å². The summed E-state index contributed by atoms with van der Waals surface area (Å²) in [7, 11) is -1.73. The Balaban J connectivity index is 2.34. The van der Waals surface area contributed by atoms with Crippen molar-refractivity contribution in [3.8, 4) is 0 Å². The standard InChI is InChI=1S/C15H21Cl2N3O3S/c1-11(15(21)19-8-6-18(2)7-9-19)20(24(3,22)23)14-10-12(16)4-5-13(14)17/h4-5,10-11H,6-9H2,1-3H3/t11-/m1/s1. The van der Waals surface area contributed by atoms with E-state index in [2.05, 4.69) is 4.90 Å². The molecule has 1 aromatic carbocycles. The molecule has 6 nitrogen and oxygen atoms in total. The second-order valence-electron chi connectivity index (χ2n) is 5.96. The Bertz CT molecular complexity index is 719. The van der Waals surface area contributed by atoms with Crippen LogP contribution in [0.15, 0.2) is 18.2 Å². The van der Waals surface area contributed by atoms with Gasteiger partial charge >= 0.3 is 0 Å². The van der Waals surface area contributed by atoms with Gasteiger partial charge in [0.1, 0.15) is 6.04 Å². The van der Waals surface area contributed by atoms with Crippen LogP contribution in [0.1, 0.15) is 6.92 Å². The highest BCUT2D eigenvalue weighted by Gasteiger charge is 2.34. The number of amides is 1. The van der Waals surface area contributed by atoms with Crippen LogP contribution in [0.2, 0.25) is 10.0 Å². The zero-order valence-corrected chi connectivity index (χ0v) is 16.2. The summed E-state index contributed by atoms with van der Waals surface area (Å²) in [6, 6.07) is 3.64. The number of hydrogen-bond donors (Lipinski definition) is 0. The summed E-state index contributed by atoms with van der Waals surface area (Å²) in [5.41, 5.74) is 0.210. The Morgan fingerprint density at radius 3 is 2.33 bits per heavy atom. The smallest absolute Gasteiger partial charge is 0.246 e. The van der Waals surface area contributed by atoms with Crippen molar-refractivity contribution in [2.24, 2.45) is 0 Å². The molecule has 9 heteroatoms. The number of anilines is 1. The molecule has 0 spiro atoms.